The van der Waals surface area contributed by atoms with Crippen LogP contribution in [0.15, 0.2) is 4.99 Å². The molecule has 0 unspecified atom stereocenters. The van der Waals surface area contributed by atoms with Gasteiger partial charge in [0.2, 0.25) is 0 Å². The molecule has 0 aromatic rings. The Bertz CT molecular complexity index is 72.2. The second-order valence-corrected chi connectivity index (χ2v) is 2.07. The summed E-state index contributed by atoms with van der Waals surface area (Å²) in [6.07, 6.45) is 4.72. The summed E-state index contributed by atoms with van der Waals surface area (Å²) >= 11 is 0. The van der Waals surface area contributed by atoms with Gasteiger partial charge >= 0.3 is 0 Å². The summed E-state index contributed by atoms with van der Waals surface area (Å²) in [5.41, 5.74) is 0. The Morgan fingerprint density at radius 1 is 1.71 bits per heavy atom. The Morgan fingerprint density at radius 3 is 2.86 bits per heavy atom. The van der Waals surface area contributed by atoms with Crippen LogP contribution in [0.2, 0.25) is 0 Å². The highest BCUT2D eigenvalue weighted by atomic mass is 14.7. The van der Waals surface area contributed by atoms with Crippen molar-refractivity contribution in [3.8, 4) is 0 Å². The highest BCUT2D eigenvalue weighted by molar-refractivity contribution is 5.53. The van der Waals surface area contributed by atoms with E-state index in [1.807, 2.05) is 13.1 Å². The molecule has 0 aromatic heterocycles. The molecule has 1 nitrogen and oxygen atoms in total. The van der Waals surface area contributed by atoms with Gasteiger partial charge in [0.1, 0.15) is 0 Å². The standard InChI is InChI=1S/C6H11N/c1-2-7-5-6-3-4-6/h2,6H,3-5H2,1H3. The zero-order valence-electron chi connectivity index (χ0n) is 4.72. The molecule has 0 aromatic carbocycles. The van der Waals surface area contributed by atoms with Crippen LogP contribution in [0.3, 0.4) is 0 Å². The maximum atomic E-state index is 4.11. The average molecular weight is 97.2 g/mol. The molecular weight excluding hydrogens is 86.1 g/mol. The van der Waals surface area contributed by atoms with E-state index in [2.05, 4.69) is 4.99 Å². The predicted molar refractivity (Wildman–Crippen MR) is 31.8 cm³/mol. The topological polar surface area (TPSA) is 12.4 Å². The van der Waals surface area contributed by atoms with Crippen LogP contribution in [-0.4, -0.2) is 12.8 Å². The third-order valence-corrected chi connectivity index (χ3v) is 1.24. The van der Waals surface area contributed by atoms with Crippen molar-refractivity contribution in [2.45, 2.75) is 19.8 Å². The van der Waals surface area contributed by atoms with Crippen molar-refractivity contribution in [2.75, 3.05) is 6.54 Å². The van der Waals surface area contributed by atoms with Gasteiger partial charge in [-0.1, -0.05) is 0 Å². The Balaban J connectivity index is 1.98. The summed E-state index contributed by atoms with van der Waals surface area (Å²) in [5.74, 6) is 0.955. The lowest BCUT2D eigenvalue weighted by molar-refractivity contribution is 0.851. The average Bonchev–Trinajstić information content (AvgIpc) is 2.42. The summed E-state index contributed by atoms with van der Waals surface area (Å²) in [6.45, 7) is 3.05. The van der Waals surface area contributed by atoms with E-state index in [-0.39, 0.29) is 0 Å². The predicted octanol–water partition coefficient (Wildman–Crippen LogP) is 1.49. The van der Waals surface area contributed by atoms with Gasteiger partial charge in [0.05, 0.1) is 0 Å². The largest absolute Gasteiger partial charge is 0.298 e. The van der Waals surface area contributed by atoms with Crippen LogP contribution < -0.4 is 0 Å². The monoisotopic (exact) mass is 97.1 g/mol. The fourth-order valence-corrected chi connectivity index (χ4v) is 0.555. The Hall–Kier alpha value is -0.330. The van der Waals surface area contributed by atoms with Crippen molar-refractivity contribution in [3.63, 3.8) is 0 Å². The van der Waals surface area contributed by atoms with Crippen molar-refractivity contribution in [3.05, 3.63) is 0 Å². The van der Waals surface area contributed by atoms with Crippen LogP contribution in [0, 0.1) is 5.92 Å². The summed E-state index contributed by atoms with van der Waals surface area (Å²) in [4.78, 5) is 4.11. The van der Waals surface area contributed by atoms with Gasteiger partial charge in [0, 0.05) is 6.54 Å². The lowest BCUT2D eigenvalue weighted by Gasteiger charge is -1.81. The highest BCUT2D eigenvalue weighted by Gasteiger charge is 2.19. The summed E-state index contributed by atoms with van der Waals surface area (Å²) < 4.78 is 0. The van der Waals surface area contributed by atoms with Crippen LogP contribution in [-0.2, 0) is 0 Å². The maximum Gasteiger partial charge on any atom is 0.0413 e. The molecule has 0 bridgehead atoms. The van der Waals surface area contributed by atoms with E-state index in [0.29, 0.717) is 0 Å². The molecule has 0 heterocycles. The third kappa shape index (κ3) is 1.72. The fraction of sp³-hybridized carbons (Fsp3) is 0.833. The van der Waals surface area contributed by atoms with Gasteiger partial charge < -0.3 is 0 Å². The zero-order valence-corrected chi connectivity index (χ0v) is 4.72. The minimum atomic E-state index is 0.955. The van der Waals surface area contributed by atoms with Gasteiger partial charge in [-0.05, 0) is 31.9 Å². The SMILES string of the molecule is CC=NCC1CC1. The van der Waals surface area contributed by atoms with Crippen molar-refractivity contribution in [1.29, 1.82) is 0 Å². The first-order chi connectivity index (χ1) is 3.43. The maximum absolute atomic E-state index is 4.11. The van der Waals surface area contributed by atoms with Crippen molar-refractivity contribution < 1.29 is 0 Å². The number of hydrogen-bond acceptors (Lipinski definition) is 1. The first-order valence-corrected chi connectivity index (χ1v) is 2.88. The minimum absolute atomic E-state index is 0.955. The zero-order chi connectivity index (χ0) is 5.11. The van der Waals surface area contributed by atoms with Crippen molar-refractivity contribution >= 4 is 6.21 Å². The van der Waals surface area contributed by atoms with Crippen LogP contribution >= 0.6 is 0 Å². The lowest BCUT2D eigenvalue weighted by atomic mass is 10.4. The molecule has 1 fully saturated rings. The molecule has 0 aliphatic heterocycles. The molecule has 1 saturated carbocycles. The molecule has 1 rings (SSSR count). The fourth-order valence-electron chi connectivity index (χ4n) is 0.555. The lowest BCUT2D eigenvalue weighted by Crippen LogP contribution is -1.79. The molecular formula is C6H11N. The smallest absolute Gasteiger partial charge is 0.0413 e. The first-order valence-electron chi connectivity index (χ1n) is 2.88. The number of aliphatic imine (C=N–C) groups is 1. The summed E-state index contributed by atoms with van der Waals surface area (Å²) in [5, 5.41) is 0. The van der Waals surface area contributed by atoms with Gasteiger partial charge in [0.15, 0.2) is 0 Å². The van der Waals surface area contributed by atoms with E-state index < -0.39 is 0 Å². The Kier molecular flexibility index (Phi) is 1.45. The molecule has 0 spiro atoms. The molecule has 7 heavy (non-hydrogen) atoms. The van der Waals surface area contributed by atoms with Crippen molar-refractivity contribution in [2.24, 2.45) is 10.9 Å². The summed E-state index contributed by atoms with van der Waals surface area (Å²) in [6, 6.07) is 0. The van der Waals surface area contributed by atoms with Gasteiger partial charge in [-0.2, -0.15) is 0 Å². The quantitative estimate of drug-likeness (QED) is 0.463. The first kappa shape index (κ1) is 4.82. The third-order valence-electron chi connectivity index (χ3n) is 1.24. The second-order valence-electron chi connectivity index (χ2n) is 2.07. The van der Waals surface area contributed by atoms with E-state index in [4.69, 9.17) is 0 Å². The van der Waals surface area contributed by atoms with E-state index >= 15 is 0 Å². The molecule has 0 N–H and O–H groups in total. The van der Waals surface area contributed by atoms with E-state index in [1.54, 1.807) is 0 Å². The van der Waals surface area contributed by atoms with Gasteiger partial charge in [-0.3, -0.25) is 4.99 Å². The van der Waals surface area contributed by atoms with Gasteiger partial charge in [-0.15, -0.1) is 0 Å². The normalized spacial score (nSPS) is 21.3. The highest BCUT2D eigenvalue weighted by Crippen LogP contribution is 2.28. The van der Waals surface area contributed by atoms with Crippen LogP contribution in [0.5, 0.6) is 0 Å². The van der Waals surface area contributed by atoms with Gasteiger partial charge in [0.25, 0.3) is 0 Å². The van der Waals surface area contributed by atoms with Crippen LogP contribution in [0.4, 0.5) is 0 Å². The van der Waals surface area contributed by atoms with Crippen molar-refractivity contribution in [1.82, 2.24) is 0 Å². The second kappa shape index (κ2) is 2.10. The van der Waals surface area contributed by atoms with Crippen LogP contribution in [0.1, 0.15) is 19.8 Å². The minimum Gasteiger partial charge on any atom is -0.298 e. The molecule has 0 amide bonds. The number of nitrogens with zero attached hydrogens (tertiary/aromatic N) is 1. The summed E-state index contributed by atoms with van der Waals surface area (Å²) in [7, 11) is 0. The molecule has 0 radical (unpaired) electrons. The molecule has 40 valence electrons. The number of hydrogen-bond donors (Lipinski definition) is 0. The Morgan fingerprint density at radius 2 is 2.43 bits per heavy atom. The molecule has 1 aliphatic carbocycles. The van der Waals surface area contributed by atoms with E-state index in [1.165, 1.54) is 12.8 Å². The molecule has 0 saturated heterocycles. The van der Waals surface area contributed by atoms with Crippen LogP contribution in [0.25, 0.3) is 0 Å². The van der Waals surface area contributed by atoms with E-state index in [9.17, 15) is 0 Å². The Labute approximate surface area is 44.5 Å². The molecule has 0 atom stereocenters. The molecule has 1 aliphatic rings. The van der Waals surface area contributed by atoms with E-state index in [0.717, 1.165) is 12.5 Å². The van der Waals surface area contributed by atoms with Gasteiger partial charge in [-0.25, -0.2) is 0 Å². The number of rotatable bonds is 2. The molecule has 1 heteroatoms.